The number of ether oxygens (including phenoxy) is 1. The maximum Gasteiger partial charge on any atom is 0.227 e. The van der Waals surface area contributed by atoms with Crippen molar-refractivity contribution in [3.8, 4) is 0 Å². The number of amides is 1. The number of hydrogen-bond donors (Lipinski definition) is 2. The van der Waals surface area contributed by atoms with Crippen LogP contribution in [0.3, 0.4) is 0 Å². The summed E-state index contributed by atoms with van der Waals surface area (Å²) in [6.45, 7) is 1.11. The molecule has 0 aromatic carbocycles. The summed E-state index contributed by atoms with van der Waals surface area (Å²) < 4.78 is 10.8. The summed E-state index contributed by atoms with van der Waals surface area (Å²) in [5, 5.41) is 6.29. The van der Waals surface area contributed by atoms with E-state index in [2.05, 4.69) is 10.6 Å². The number of furan rings is 1. The number of fused-ring (bicyclic) bond motifs is 1. The SMILES string of the molecule is CNC1COCC1C(=O)NC1CCCc2occc21. The summed E-state index contributed by atoms with van der Waals surface area (Å²) in [4.78, 5) is 12.4. The van der Waals surface area contributed by atoms with E-state index in [9.17, 15) is 4.79 Å². The quantitative estimate of drug-likeness (QED) is 0.855. The number of rotatable bonds is 3. The van der Waals surface area contributed by atoms with Crippen LogP contribution < -0.4 is 10.6 Å². The molecule has 2 heterocycles. The molecule has 1 saturated heterocycles. The third-order valence-electron chi connectivity index (χ3n) is 4.16. The molecule has 1 fully saturated rings. The van der Waals surface area contributed by atoms with Gasteiger partial charge in [0.1, 0.15) is 5.76 Å². The van der Waals surface area contributed by atoms with Crippen molar-refractivity contribution < 1.29 is 13.9 Å². The fraction of sp³-hybridized carbons (Fsp3) is 0.643. The molecule has 5 nitrogen and oxygen atoms in total. The molecular weight excluding hydrogens is 244 g/mol. The van der Waals surface area contributed by atoms with Crippen LogP contribution in [0.4, 0.5) is 0 Å². The van der Waals surface area contributed by atoms with Gasteiger partial charge in [-0.3, -0.25) is 4.79 Å². The van der Waals surface area contributed by atoms with Gasteiger partial charge in [-0.1, -0.05) is 0 Å². The van der Waals surface area contributed by atoms with E-state index in [1.165, 1.54) is 0 Å². The normalized spacial score (nSPS) is 30.1. The van der Waals surface area contributed by atoms with Gasteiger partial charge in [0, 0.05) is 18.0 Å². The van der Waals surface area contributed by atoms with Gasteiger partial charge in [0.25, 0.3) is 0 Å². The third kappa shape index (κ3) is 2.40. The lowest BCUT2D eigenvalue weighted by Crippen LogP contribution is -2.44. The zero-order valence-electron chi connectivity index (χ0n) is 11.1. The molecule has 2 N–H and O–H groups in total. The van der Waals surface area contributed by atoms with E-state index in [1.807, 2.05) is 13.1 Å². The molecule has 3 atom stereocenters. The van der Waals surface area contributed by atoms with Crippen LogP contribution >= 0.6 is 0 Å². The third-order valence-corrected chi connectivity index (χ3v) is 4.16. The number of carbonyl (C=O) groups is 1. The maximum absolute atomic E-state index is 12.4. The molecule has 0 saturated carbocycles. The van der Waals surface area contributed by atoms with E-state index in [4.69, 9.17) is 9.15 Å². The Bertz CT molecular complexity index is 457. The average molecular weight is 264 g/mol. The Labute approximate surface area is 112 Å². The van der Waals surface area contributed by atoms with E-state index in [0.717, 1.165) is 30.6 Å². The minimum Gasteiger partial charge on any atom is -0.469 e. The van der Waals surface area contributed by atoms with Crippen LogP contribution in [0, 0.1) is 5.92 Å². The standard InChI is InChI=1S/C14H20N2O3/c1-15-12-8-18-7-10(12)14(17)16-11-3-2-4-13-9(11)5-6-19-13/h5-6,10-12,15H,2-4,7-8H2,1H3,(H,16,17). The van der Waals surface area contributed by atoms with Gasteiger partial charge in [-0.15, -0.1) is 0 Å². The van der Waals surface area contributed by atoms with Gasteiger partial charge in [0.2, 0.25) is 5.91 Å². The Hall–Kier alpha value is -1.33. The second-order valence-electron chi connectivity index (χ2n) is 5.29. The lowest BCUT2D eigenvalue weighted by atomic mass is 9.92. The first-order chi connectivity index (χ1) is 9.29. The smallest absolute Gasteiger partial charge is 0.227 e. The predicted octanol–water partition coefficient (Wildman–Crippen LogP) is 1.01. The maximum atomic E-state index is 12.4. The fourth-order valence-corrected chi connectivity index (χ4v) is 3.01. The van der Waals surface area contributed by atoms with Gasteiger partial charge in [-0.2, -0.15) is 0 Å². The van der Waals surface area contributed by atoms with Crippen LogP contribution in [-0.4, -0.2) is 32.2 Å². The highest BCUT2D eigenvalue weighted by Gasteiger charge is 2.35. The van der Waals surface area contributed by atoms with Crippen LogP contribution in [0.25, 0.3) is 0 Å². The van der Waals surface area contributed by atoms with Gasteiger partial charge in [-0.25, -0.2) is 0 Å². The molecule has 1 aromatic heterocycles. The summed E-state index contributed by atoms with van der Waals surface area (Å²) in [5.74, 6) is 1.00. The Morgan fingerprint density at radius 2 is 2.32 bits per heavy atom. The van der Waals surface area contributed by atoms with Crippen LogP contribution in [0.5, 0.6) is 0 Å². The van der Waals surface area contributed by atoms with Gasteiger partial charge < -0.3 is 19.8 Å². The average Bonchev–Trinajstić information content (AvgIpc) is 3.07. The van der Waals surface area contributed by atoms with Gasteiger partial charge in [0.15, 0.2) is 0 Å². The lowest BCUT2D eigenvalue weighted by molar-refractivity contribution is -0.126. The second-order valence-corrected chi connectivity index (χ2v) is 5.29. The van der Waals surface area contributed by atoms with Crippen molar-refractivity contribution >= 4 is 5.91 Å². The molecule has 104 valence electrons. The minimum absolute atomic E-state index is 0.0795. The van der Waals surface area contributed by atoms with Crippen molar-refractivity contribution in [3.63, 3.8) is 0 Å². The van der Waals surface area contributed by atoms with E-state index in [-0.39, 0.29) is 23.9 Å². The van der Waals surface area contributed by atoms with Crippen molar-refractivity contribution in [2.45, 2.75) is 31.3 Å². The summed E-state index contributed by atoms with van der Waals surface area (Å²) in [7, 11) is 1.87. The number of aryl methyl sites for hydroxylation is 1. The Kier molecular flexibility index (Phi) is 3.57. The molecule has 19 heavy (non-hydrogen) atoms. The monoisotopic (exact) mass is 264 g/mol. The van der Waals surface area contributed by atoms with E-state index in [0.29, 0.717) is 13.2 Å². The number of nitrogens with one attached hydrogen (secondary N) is 2. The first-order valence-electron chi connectivity index (χ1n) is 6.91. The largest absolute Gasteiger partial charge is 0.469 e. The summed E-state index contributed by atoms with van der Waals surface area (Å²) in [5.41, 5.74) is 1.14. The second kappa shape index (κ2) is 5.35. The molecule has 5 heteroatoms. The molecule has 0 spiro atoms. The molecule has 0 radical (unpaired) electrons. The van der Waals surface area contributed by atoms with Crippen molar-refractivity contribution in [2.24, 2.45) is 5.92 Å². The van der Waals surface area contributed by atoms with Crippen molar-refractivity contribution in [1.82, 2.24) is 10.6 Å². The first-order valence-corrected chi connectivity index (χ1v) is 6.91. The highest BCUT2D eigenvalue weighted by molar-refractivity contribution is 5.80. The molecule has 0 bridgehead atoms. The van der Waals surface area contributed by atoms with E-state index in [1.54, 1.807) is 6.26 Å². The molecule has 1 aliphatic heterocycles. The van der Waals surface area contributed by atoms with Gasteiger partial charge in [0.05, 0.1) is 31.4 Å². The van der Waals surface area contributed by atoms with Crippen molar-refractivity contribution in [1.29, 1.82) is 0 Å². The molecule has 2 aliphatic rings. The first kappa shape index (κ1) is 12.7. The van der Waals surface area contributed by atoms with Gasteiger partial charge in [-0.05, 0) is 26.0 Å². The Balaban J connectivity index is 1.68. The summed E-state index contributed by atoms with van der Waals surface area (Å²) in [6.07, 6.45) is 4.72. The fourth-order valence-electron chi connectivity index (χ4n) is 3.01. The summed E-state index contributed by atoms with van der Waals surface area (Å²) >= 11 is 0. The molecular formula is C14H20N2O3. The molecule has 1 aliphatic carbocycles. The number of carbonyl (C=O) groups excluding carboxylic acids is 1. The molecule has 1 amide bonds. The van der Waals surface area contributed by atoms with Crippen molar-refractivity contribution in [2.75, 3.05) is 20.3 Å². The Morgan fingerprint density at radius 3 is 3.16 bits per heavy atom. The van der Waals surface area contributed by atoms with Crippen LogP contribution in [-0.2, 0) is 16.0 Å². The molecule has 3 unspecified atom stereocenters. The highest BCUT2D eigenvalue weighted by atomic mass is 16.5. The number of hydrogen-bond acceptors (Lipinski definition) is 4. The molecule has 1 aromatic rings. The van der Waals surface area contributed by atoms with Crippen LogP contribution in [0.15, 0.2) is 16.7 Å². The Morgan fingerprint density at radius 1 is 1.42 bits per heavy atom. The topological polar surface area (TPSA) is 63.5 Å². The van der Waals surface area contributed by atoms with Crippen LogP contribution in [0.1, 0.15) is 30.2 Å². The zero-order chi connectivity index (χ0) is 13.2. The van der Waals surface area contributed by atoms with E-state index < -0.39 is 0 Å². The predicted molar refractivity (Wildman–Crippen MR) is 69.7 cm³/mol. The highest BCUT2D eigenvalue weighted by Crippen LogP contribution is 2.31. The lowest BCUT2D eigenvalue weighted by Gasteiger charge is -2.25. The number of likely N-dealkylation sites (N-methyl/N-ethyl adjacent to an activating group) is 1. The van der Waals surface area contributed by atoms with E-state index >= 15 is 0 Å². The molecule has 3 rings (SSSR count). The van der Waals surface area contributed by atoms with Gasteiger partial charge >= 0.3 is 0 Å². The zero-order valence-corrected chi connectivity index (χ0v) is 11.1. The van der Waals surface area contributed by atoms with Crippen molar-refractivity contribution in [3.05, 3.63) is 23.7 Å². The minimum atomic E-state index is -0.0951. The summed E-state index contributed by atoms with van der Waals surface area (Å²) in [6, 6.07) is 2.18. The van der Waals surface area contributed by atoms with Crippen LogP contribution in [0.2, 0.25) is 0 Å².